The van der Waals surface area contributed by atoms with Gasteiger partial charge in [0.25, 0.3) is 0 Å². The monoisotopic (exact) mass is 366 g/mol. The van der Waals surface area contributed by atoms with E-state index in [9.17, 15) is 9.59 Å². The van der Waals surface area contributed by atoms with E-state index in [1.54, 1.807) is 24.3 Å². The lowest BCUT2D eigenvalue weighted by atomic mass is 10.1. The van der Waals surface area contributed by atoms with Crippen molar-refractivity contribution in [3.05, 3.63) is 35.4 Å². The summed E-state index contributed by atoms with van der Waals surface area (Å²) in [7, 11) is 0. The number of carbonyl (C=O) groups is 2. The van der Waals surface area contributed by atoms with Gasteiger partial charge in [0.1, 0.15) is 13.2 Å². The predicted molar refractivity (Wildman–Crippen MR) is 98.3 cm³/mol. The van der Waals surface area contributed by atoms with E-state index < -0.39 is 11.9 Å². The summed E-state index contributed by atoms with van der Waals surface area (Å²) in [6.07, 6.45) is 0. The summed E-state index contributed by atoms with van der Waals surface area (Å²) in [6, 6.07) is 6.44. The van der Waals surface area contributed by atoms with Gasteiger partial charge in [0.2, 0.25) is 0 Å². The molecule has 0 aliphatic rings. The number of esters is 2. The average molecular weight is 366 g/mol. The minimum absolute atomic E-state index is 0.137. The molecule has 0 spiro atoms. The van der Waals surface area contributed by atoms with E-state index in [0.717, 1.165) is 0 Å². The third-order valence-electron chi connectivity index (χ3n) is 3.19. The Balaban J connectivity index is 2.47. The number of hydrogen-bond donors (Lipinski definition) is 0. The van der Waals surface area contributed by atoms with Crippen molar-refractivity contribution in [1.82, 2.24) is 0 Å². The number of carbonyl (C=O) groups excluding carboxylic acids is 2. The third kappa shape index (κ3) is 8.97. The molecule has 0 bridgehead atoms. The first-order valence-corrected chi connectivity index (χ1v) is 9.00. The van der Waals surface area contributed by atoms with E-state index in [1.807, 2.05) is 27.7 Å². The molecule has 6 nitrogen and oxygen atoms in total. The van der Waals surface area contributed by atoms with Crippen molar-refractivity contribution in [3.63, 3.8) is 0 Å². The Morgan fingerprint density at radius 3 is 1.46 bits per heavy atom. The molecule has 0 N–H and O–H groups in total. The third-order valence-corrected chi connectivity index (χ3v) is 3.19. The summed E-state index contributed by atoms with van der Waals surface area (Å²) in [6.45, 7) is 10.3. The van der Waals surface area contributed by atoms with Gasteiger partial charge < -0.3 is 18.9 Å². The van der Waals surface area contributed by atoms with Crippen molar-refractivity contribution in [2.75, 3.05) is 39.6 Å². The van der Waals surface area contributed by atoms with E-state index in [-0.39, 0.29) is 24.3 Å². The molecule has 0 atom stereocenters. The van der Waals surface area contributed by atoms with Gasteiger partial charge in [-0.1, -0.05) is 39.8 Å². The maximum absolute atomic E-state index is 12.2. The quantitative estimate of drug-likeness (QED) is 0.417. The number of rotatable bonds is 12. The van der Waals surface area contributed by atoms with Gasteiger partial charge in [-0.15, -0.1) is 0 Å². The summed E-state index contributed by atoms with van der Waals surface area (Å²) in [5.41, 5.74) is 0.369. The molecule has 0 saturated carbocycles. The van der Waals surface area contributed by atoms with Gasteiger partial charge in [-0.2, -0.15) is 0 Å². The molecule has 0 radical (unpaired) electrons. The van der Waals surface area contributed by atoms with Gasteiger partial charge in [-0.05, 0) is 24.0 Å². The second kappa shape index (κ2) is 12.4. The zero-order valence-corrected chi connectivity index (χ0v) is 16.2. The van der Waals surface area contributed by atoms with Crippen LogP contribution in [0.3, 0.4) is 0 Å². The van der Waals surface area contributed by atoms with Crippen molar-refractivity contribution >= 4 is 11.9 Å². The van der Waals surface area contributed by atoms with Crippen molar-refractivity contribution in [3.8, 4) is 0 Å². The standard InChI is InChI=1S/C20H30O6/c1-15(2)13-23-9-11-25-19(21)17-7-5-6-8-18(17)20(22)26-12-10-24-14-16(3)4/h5-8,15-16H,9-14H2,1-4H3. The molecule has 0 unspecified atom stereocenters. The molecule has 6 heteroatoms. The molecule has 0 aliphatic heterocycles. The van der Waals surface area contributed by atoms with E-state index in [4.69, 9.17) is 18.9 Å². The van der Waals surface area contributed by atoms with Crippen molar-refractivity contribution < 1.29 is 28.5 Å². The Labute approximate surface area is 155 Å². The van der Waals surface area contributed by atoms with E-state index in [2.05, 4.69) is 0 Å². The highest BCUT2D eigenvalue weighted by Gasteiger charge is 2.18. The summed E-state index contributed by atoms with van der Waals surface area (Å²) < 4.78 is 21.1. The van der Waals surface area contributed by atoms with Gasteiger partial charge in [0.15, 0.2) is 0 Å². The zero-order valence-electron chi connectivity index (χ0n) is 16.2. The average Bonchev–Trinajstić information content (AvgIpc) is 2.60. The Hall–Kier alpha value is -1.92. The maximum Gasteiger partial charge on any atom is 0.339 e. The number of ether oxygens (including phenoxy) is 4. The van der Waals surface area contributed by atoms with Crippen molar-refractivity contribution in [2.24, 2.45) is 11.8 Å². The first-order chi connectivity index (χ1) is 12.4. The molecule has 0 aromatic heterocycles. The summed E-state index contributed by atoms with van der Waals surface area (Å²) in [4.78, 5) is 24.4. The van der Waals surface area contributed by atoms with Crippen LogP contribution in [0.15, 0.2) is 24.3 Å². The lowest BCUT2D eigenvalue weighted by Crippen LogP contribution is -2.18. The second-order valence-electron chi connectivity index (χ2n) is 6.75. The lowest BCUT2D eigenvalue weighted by Gasteiger charge is -2.11. The molecule has 0 saturated heterocycles. The van der Waals surface area contributed by atoms with Crippen LogP contribution in [-0.4, -0.2) is 51.6 Å². The van der Waals surface area contributed by atoms with E-state index in [1.165, 1.54) is 0 Å². The highest BCUT2D eigenvalue weighted by Crippen LogP contribution is 2.12. The van der Waals surface area contributed by atoms with Crippen LogP contribution in [0, 0.1) is 11.8 Å². The Kier molecular flexibility index (Phi) is 10.6. The molecule has 1 aromatic rings. The van der Waals surface area contributed by atoms with Crippen LogP contribution >= 0.6 is 0 Å². The second-order valence-corrected chi connectivity index (χ2v) is 6.75. The predicted octanol–water partition coefficient (Wildman–Crippen LogP) is 3.35. The van der Waals surface area contributed by atoms with E-state index >= 15 is 0 Å². The fourth-order valence-electron chi connectivity index (χ4n) is 2.02. The minimum Gasteiger partial charge on any atom is -0.460 e. The molecular formula is C20H30O6. The highest BCUT2D eigenvalue weighted by atomic mass is 16.6. The molecule has 26 heavy (non-hydrogen) atoms. The van der Waals surface area contributed by atoms with Gasteiger partial charge in [-0.3, -0.25) is 0 Å². The van der Waals surface area contributed by atoms with Crippen LogP contribution in [0.5, 0.6) is 0 Å². The zero-order chi connectivity index (χ0) is 19.4. The van der Waals surface area contributed by atoms with Crippen LogP contribution in [0.25, 0.3) is 0 Å². The molecular weight excluding hydrogens is 336 g/mol. The normalized spacial score (nSPS) is 11.0. The van der Waals surface area contributed by atoms with E-state index in [0.29, 0.717) is 38.3 Å². The molecule has 1 rings (SSSR count). The Bertz CT molecular complexity index is 504. The Morgan fingerprint density at radius 1 is 0.731 bits per heavy atom. The fourth-order valence-corrected chi connectivity index (χ4v) is 2.02. The molecule has 0 heterocycles. The Morgan fingerprint density at radius 2 is 1.12 bits per heavy atom. The molecule has 0 aliphatic carbocycles. The highest BCUT2D eigenvalue weighted by molar-refractivity contribution is 6.03. The molecule has 0 fully saturated rings. The van der Waals surface area contributed by atoms with Crippen molar-refractivity contribution in [1.29, 1.82) is 0 Å². The summed E-state index contributed by atoms with van der Waals surface area (Å²) in [5, 5.41) is 0. The van der Waals surface area contributed by atoms with Gasteiger partial charge in [0, 0.05) is 13.2 Å². The number of benzene rings is 1. The van der Waals surface area contributed by atoms with Crippen LogP contribution in [0.2, 0.25) is 0 Å². The minimum atomic E-state index is -0.568. The maximum atomic E-state index is 12.2. The lowest BCUT2D eigenvalue weighted by molar-refractivity contribution is 0.0242. The fraction of sp³-hybridized carbons (Fsp3) is 0.600. The molecule has 0 amide bonds. The smallest absolute Gasteiger partial charge is 0.339 e. The SMILES string of the molecule is CC(C)COCCOC(=O)c1ccccc1C(=O)OCCOCC(C)C. The van der Waals surface area contributed by atoms with Crippen LogP contribution in [0.1, 0.15) is 48.4 Å². The molecule has 1 aromatic carbocycles. The van der Waals surface area contributed by atoms with Crippen LogP contribution < -0.4 is 0 Å². The van der Waals surface area contributed by atoms with Gasteiger partial charge in [0.05, 0.1) is 24.3 Å². The topological polar surface area (TPSA) is 71.1 Å². The summed E-state index contributed by atoms with van der Waals surface area (Å²) >= 11 is 0. The number of hydrogen-bond acceptors (Lipinski definition) is 6. The first-order valence-electron chi connectivity index (χ1n) is 9.00. The molecule has 146 valence electrons. The van der Waals surface area contributed by atoms with Gasteiger partial charge >= 0.3 is 11.9 Å². The summed E-state index contributed by atoms with van der Waals surface area (Å²) in [5.74, 6) is -0.292. The van der Waals surface area contributed by atoms with Gasteiger partial charge in [-0.25, -0.2) is 9.59 Å². The van der Waals surface area contributed by atoms with Crippen LogP contribution in [0.4, 0.5) is 0 Å². The first kappa shape index (κ1) is 22.1. The largest absolute Gasteiger partial charge is 0.460 e. The van der Waals surface area contributed by atoms with Crippen molar-refractivity contribution in [2.45, 2.75) is 27.7 Å². The van der Waals surface area contributed by atoms with Crippen LogP contribution in [-0.2, 0) is 18.9 Å².